The van der Waals surface area contributed by atoms with Crippen LogP contribution in [0.25, 0.3) is 0 Å². The van der Waals surface area contributed by atoms with Crippen molar-refractivity contribution in [2.24, 2.45) is 5.92 Å². The van der Waals surface area contributed by atoms with Crippen LogP contribution in [-0.2, 0) is 9.59 Å². The predicted octanol–water partition coefficient (Wildman–Crippen LogP) is 1.20. The maximum Gasteiger partial charge on any atom is 0.242 e. The Balaban J connectivity index is 1.53. The number of carbonyl (C=O) groups excluding carboxylic acids is 2. The molecule has 2 saturated carbocycles. The average molecular weight is 294 g/mol. The Kier molecular flexibility index (Phi) is 4.20. The molecule has 1 atom stereocenters. The molecular weight excluding hydrogens is 268 g/mol. The van der Waals surface area contributed by atoms with Gasteiger partial charge in [0.15, 0.2) is 0 Å². The Bertz CT molecular complexity index is 414. The molecule has 2 aliphatic carbocycles. The van der Waals surface area contributed by atoms with Crippen molar-refractivity contribution in [2.75, 3.05) is 13.1 Å². The number of hydrogen-bond donors (Lipinski definition) is 2. The van der Waals surface area contributed by atoms with Crippen molar-refractivity contribution < 1.29 is 14.7 Å². The summed E-state index contributed by atoms with van der Waals surface area (Å²) in [4.78, 5) is 26.3. The Morgan fingerprint density at radius 3 is 2.48 bits per heavy atom. The summed E-state index contributed by atoms with van der Waals surface area (Å²) in [5, 5.41) is 13.3. The van der Waals surface area contributed by atoms with Gasteiger partial charge in [0.05, 0.1) is 5.60 Å². The lowest BCUT2D eigenvalue weighted by molar-refractivity contribution is -0.139. The van der Waals surface area contributed by atoms with E-state index in [2.05, 4.69) is 5.32 Å². The molecule has 118 valence electrons. The topological polar surface area (TPSA) is 69.6 Å². The van der Waals surface area contributed by atoms with Crippen molar-refractivity contribution in [1.29, 1.82) is 0 Å². The highest BCUT2D eigenvalue weighted by Gasteiger charge is 2.41. The number of aliphatic hydroxyl groups is 1. The lowest BCUT2D eigenvalue weighted by atomic mass is 9.85. The molecular formula is C16H26N2O3. The Morgan fingerprint density at radius 2 is 1.81 bits per heavy atom. The van der Waals surface area contributed by atoms with E-state index in [1.54, 1.807) is 4.90 Å². The first-order chi connectivity index (χ1) is 10.1. The Morgan fingerprint density at radius 1 is 1.10 bits per heavy atom. The summed E-state index contributed by atoms with van der Waals surface area (Å²) < 4.78 is 0. The third-order valence-electron chi connectivity index (χ3n) is 5.14. The SMILES string of the molecule is O=C(NCC1(O)CCCCC1)C1CCCN1C(=O)C1CC1. The normalized spacial score (nSPS) is 28.4. The van der Waals surface area contributed by atoms with Crippen molar-refractivity contribution in [3.05, 3.63) is 0 Å². The zero-order chi connectivity index (χ0) is 14.9. The Hall–Kier alpha value is -1.10. The minimum atomic E-state index is -0.738. The lowest BCUT2D eigenvalue weighted by Gasteiger charge is -2.33. The fourth-order valence-corrected chi connectivity index (χ4v) is 3.62. The smallest absolute Gasteiger partial charge is 0.242 e. The van der Waals surface area contributed by atoms with Gasteiger partial charge in [-0.2, -0.15) is 0 Å². The molecule has 0 spiro atoms. The number of hydrogen-bond acceptors (Lipinski definition) is 3. The summed E-state index contributed by atoms with van der Waals surface area (Å²) in [6, 6.07) is -0.315. The molecule has 5 nitrogen and oxygen atoms in total. The quantitative estimate of drug-likeness (QED) is 0.818. The number of likely N-dealkylation sites (tertiary alicyclic amines) is 1. The molecule has 0 aromatic rings. The summed E-state index contributed by atoms with van der Waals surface area (Å²) in [6.45, 7) is 1.03. The highest BCUT2D eigenvalue weighted by atomic mass is 16.3. The van der Waals surface area contributed by atoms with E-state index in [-0.39, 0.29) is 23.8 Å². The molecule has 1 saturated heterocycles. The van der Waals surface area contributed by atoms with Crippen molar-refractivity contribution in [3.8, 4) is 0 Å². The molecule has 0 aromatic carbocycles. The van der Waals surface area contributed by atoms with Crippen LogP contribution in [0.15, 0.2) is 0 Å². The van der Waals surface area contributed by atoms with Crippen molar-refractivity contribution in [1.82, 2.24) is 10.2 Å². The first-order valence-corrected chi connectivity index (χ1v) is 8.40. The molecule has 3 fully saturated rings. The number of carbonyl (C=O) groups is 2. The maximum absolute atomic E-state index is 12.4. The summed E-state index contributed by atoms with van der Waals surface area (Å²) in [5.41, 5.74) is -0.738. The molecule has 5 heteroatoms. The van der Waals surface area contributed by atoms with Crippen LogP contribution >= 0.6 is 0 Å². The van der Waals surface area contributed by atoms with Crippen molar-refractivity contribution >= 4 is 11.8 Å². The van der Waals surface area contributed by atoms with Gasteiger partial charge in [0.1, 0.15) is 6.04 Å². The average Bonchev–Trinajstić information content (AvgIpc) is 3.22. The van der Waals surface area contributed by atoms with Crippen molar-refractivity contribution in [3.63, 3.8) is 0 Å². The zero-order valence-corrected chi connectivity index (χ0v) is 12.6. The third-order valence-corrected chi connectivity index (χ3v) is 5.14. The first kappa shape index (κ1) is 14.8. The van der Waals surface area contributed by atoms with Gasteiger partial charge in [0.2, 0.25) is 11.8 Å². The second-order valence-electron chi connectivity index (χ2n) is 6.97. The van der Waals surface area contributed by atoms with Gasteiger partial charge in [-0.15, -0.1) is 0 Å². The zero-order valence-electron chi connectivity index (χ0n) is 12.6. The van der Waals surface area contributed by atoms with Gasteiger partial charge < -0.3 is 15.3 Å². The number of nitrogens with zero attached hydrogens (tertiary/aromatic N) is 1. The molecule has 1 unspecified atom stereocenters. The van der Waals surface area contributed by atoms with Crippen LogP contribution in [-0.4, -0.2) is 46.6 Å². The van der Waals surface area contributed by atoms with Crippen LogP contribution < -0.4 is 5.32 Å². The number of nitrogens with one attached hydrogen (secondary N) is 1. The van der Waals surface area contributed by atoms with Gasteiger partial charge in [-0.1, -0.05) is 19.3 Å². The van der Waals surface area contributed by atoms with Crippen LogP contribution in [0.5, 0.6) is 0 Å². The van der Waals surface area contributed by atoms with E-state index in [4.69, 9.17) is 0 Å². The van der Waals surface area contributed by atoms with E-state index < -0.39 is 5.60 Å². The highest BCUT2D eigenvalue weighted by molar-refractivity contribution is 5.90. The first-order valence-electron chi connectivity index (χ1n) is 8.40. The maximum atomic E-state index is 12.4. The molecule has 0 aromatic heterocycles. The monoisotopic (exact) mass is 294 g/mol. The molecule has 3 aliphatic rings. The van der Waals surface area contributed by atoms with Gasteiger partial charge in [0.25, 0.3) is 0 Å². The number of rotatable bonds is 4. The van der Waals surface area contributed by atoms with Crippen LogP contribution in [0.1, 0.15) is 57.8 Å². The predicted molar refractivity (Wildman–Crippen MR) is 78.5 cm³/mol. The van der Waals surface area contributed by atoms with Crippen LogP contribution in [0.3, 0.4) is 0 Å². The molecule has 1 heterocycles. The van der Waals surface area contributed by atoms with Gasteiger partial charge in [-0.05, 0) is 38.5 Å². The third kappa shape index (κ3) is 3.39. The summed E-state index contributed by atoms with van der Waals surface area (Å²) >= 11 is 0. The molecule has 3 rings (SSSR count). The Labute approximate surface area is 126 Å². The van der Waals surface area contributed by atoms with Gasteiger partial charge in [0, 0.05) is 19.0 Å². The summed E-state index contributed by atoms with van der Waals surface area (Å²) in [7, 11) is 0. The van der Waals surface area contributed by atoms with Crippen molar-refractivity contribution in [2.45, 2.75) is 69.4 Å². The van der Waals surface area contributed by atoms with E-state index in [1.807, 2.05) is 0 Å². The largest absolute Gasteiger partial charge is 0.388 e. The number of amides is 2. The van der Waals surface area contributed by atoms with Crippen LogP contribution in [0.2, 0.25) is 0 Å². The molecule has 1 aliphatic heterocycles. The van der Waals surface area contributed by atoms with Gasteiger partial charge in [-0.3, -0.25) is 9.59 Å². The van der Waals surface area contributed by atoms with E-state index >= 15 is 0 Å². The molecule has 0 radical (unpaired) electrons. The highest BCUT2D eigenvalue weighted by Crippen LogP contribution is 2.34. The second kappa shape index (κ2) is 5.95. The second-order valence-corrected chi connectivity index (χ2v) is 6.97. The minimum absolute atomic E-state index is 0.0829. The molecule has 0 bridgehead atoms. The fraction of sp³-hybridized carbons (Fsp3) is 0.875. The summed E-state index contributed by atoms with van der Waals surface area (Å²) in [6.07, 6.45) is 8.37. The van der Waals surface area contributed by atoms with Crippen LogP contribution in [0, 0.1) is 5.92 Å². The molecule has 21 heavy (non-hydrogen) atoms. The summed E-state index contributed by atoms with van der Waals surface area (Å²) in [5.74, 6) is 0.241. The standard InChI is InChI=1S/C16H26N2O3/c19-14(17-11-16(21)8-2-1-3-9-16)13-5-4-10-18(13)15(20)12-6-7-12/h12-13,21H,1-11H2,(H,17,19). The molecule has 2 amide bonds. The minimum Gasteiger partial charge on any atom is -0.388 e. The van der Waals surface area contributed by atoms with E-state index in [0.717, 1.165) is 51.4 Å². The van der Waals surface area contributed by atoms with E-state index in [0.29, 0.717) is 13.1 Å². The molecule has 2 N–H and O–H groups in total. The lowest BCUT2D eigenvalue weighted by Crippen LogP contribution is -2.51. The fourth-order valence-electron chi connectivity index (χ4n) is 3.62. The van der Waals surface area contributed by atoms with E-state index in [1.165, 1.54) is 6.42 Å². The van der Waals surface area contributed by atoms with E-state index in [9.17, 15) is 14.7 Å². The van der Waals surface area contributed by atoms with Crippen LogP contribution in [0.4, 0.5) is 0 Å². The van der Waals surface area contributed by atoms with Gasteiger partial charge in [-0.25, -0.2) is 0 Å². The van der Waals surface area contributed by atoms with Gasteiger partial charge >= 0.3 is 0 Å².